The average Bonchev–Trinajstić information content (AvgIpc) is 2.88. The number of nitrogens with zero attached hydrogens (tertiary/aromatic N) is 1. The van der Waals surface area contributed by atoms with E-state index in [1.54, 1.807) is 55.7 Å². The summed E-state index contributed by atoms with van der Waals surface area (Å²) in [6.45, 7) is 0. The molecule has 0 radical (unpaired) electrons. The van der Waals surface area contributed by atoms with Gasteiger partial charge in [0.05, 0.1) is 24.8 Å². The van der Waals surface area contributed by atoms with Crippen LogP contribution in [0.5, 0.6) is 11.5 Å². The van der Waals surface area contributed by atoms with Gasteiger partial charge in [0.1, 0.15) is 11.5 Å². The quantitative estimate of drug-likeness (QED) is 0.731. The Bertz CT molecular complexity index is 881. The summed E-state index contributed by atoms with van der Waals surface area (Å²) in [5.74, 6) is 0.804. The van der Waals surface area contributed by atoms with Gasteiger partial charge in [0, 0.05) is 10.6 Å². The summed E-state index contributed by atoms with van der Waals surface area (Å²) in [4.78, 5) is 26.4. The summed E-state index contributed by atoms with van der Waals surface area (Å²) < 4.78 is 10.5. The number of anilines is 1. The van der Waals surface area contributed by atoms with Gasteiger partial charge in [0.25, 0.3) is 11.1 Å². The summed E-state index contributed by atoms with van der Waals surface area (Å²) in [5, 5.41) is 0.0791. The minimum absolute atomic E-state index is 0.302. The van der Waals surface area contributed by atoms with Crippen LogP contribution in [0.1, 0.15) is 5.56 Å². The van der Waals surface area contributed by atoms with E-state index in [-0.39, 0.29) is 5.24 Å². The molecule has 3 rings (SSSR count). The Balaban J connectivity index is 1.98. The Labute approximate surface area is 154 Å². The van der Waals surface area contributed by atoms with Crippen LogP contribution in [0.25, 0.3) is 6.08 Å². The van der Waals surface area contributed by atoms with Crippen molar-refractivity contribution >= 4 is 46.3 Å². The Morgan fingerprint density at radius 3 is 2.56 bits per heavy atom. The molecule has 0 saturated carbocycles. The molecule has 2 amide bonds. The third-order valence-corrected chi connectivity index (χ3v) is 4.69. The zero-order valence-corrected chi connectivity index (χ0v) is 15.1. The Kier molecular flexibility index (Phi) is 5.01. The molecule has 5 nitrogen and oxygen atoms in total. The molecule has 25 heavy (non-hydrogen) atoms. The van der Waals surface area contributed by atoms with E-state index in [0.29, 0.717) is 32.7 Å². The number of benzene rings is 2. The van der Waals surface area contributed by atoms with Crippen molar-refractivity contribution in [3.63, 3.8) is 0 Å². The monoisotopic (exact) mass is 375 g/mol. The molecule has 2 aromatic rings. The normalized spacial score (nSPS) is 15.8. The van der Waals surface area contributed by atoms with Crippen molar-refractivity contribution in [3.05, 3.63) is 58.0 Å². The van der Waals surface area contributed by atoms with E-state index >= 15 is 0 Å². The lowest BCUT2D eigenvalue weighted by Crippen LogP contribution is -2.27. The first kappa shape index (κ1) is 17.4. The maximum atomic E-state index is 12.7. The molecule has 1 saturated heterocycles. The van der Waals surface area contributed by atoms with Crippen LogP contribution < -0.4 is 14.4 Å². The number of imide groups is 1. The van der Waals surface area contributed by atoms with E-state index in [1.165, 1.54) is 7.11 Å². The number of rotatable bonds is 4. The van der Waals surface area contributed by atoms with Crippen LogP contribution in [-0.4, -0.2) is 25.4 Å². The van der Waals surface area contributed by atoms with E-state index < -0.39 is 5.91 Å². The zero-order valence-electron chi connectivity index (χ0n) is 13.5. The maximum absolute atomic E-state index is 12.7. The smallest absolute Gasteiger partial charge is 0.298 e. The van der Waals surface area contributed by atoms with Gasteiger partial charge in [-0.05, 0) is 54.2 Å². The molecule has 7 heteroatoms. The predicted octanol–water partition coefficient (Wildman–Crippen LogP) is 4.60. The topological polar surface area (TPSA) is 55.8 Å². The largest absolute Gasteiger partial charge is 0.497 e. The van der Waals surface area contributed by atoms with Crippen molar-refractivity contribution in [3.8, 4) is 11.5 Å². The molecular weight excluding hydrogens is 362 g/mol. The molecule has 0 unspecified atom stereocenters. The van der Waals surface area contributed by atoms with Crippen LogP contribution >= 0.6 is 23.4 Å². The molecule has 1 aliphatic heterocycles. The third-order valence-electron chi connectivity index (χ3n) is 3.58. The molecule has 0 N–H and O–H groups in total. The van der Waals surface area contributed by atoms with Crippen LogP contribution in [-0.2, 0) is 4.79 Å². The molecule has 1 heterocycles. The fraction of sp³-hybridized carbons (Fsp3) is 0.111. The van der Waals surface area contributed by atoms with Crippen molar-refractivity contribution in [2.24, 2.45) is 0 Å². The molecule has 1 fully saturated rings. The number of thioether (sulfide) groups is 1. The minimum atomic E-state index is -0.401. The lowest BCUT2D eigenvalue weighted by molar-refractivity contribution is -0.113. The van der Waals surface area contributed by atoms with Gasteiger partial charge < -0.3 is 9.47 Å². The SMILES string of the molecule is COc1ccc(OC)c(/C=C2\SC(=O)N(c3cccc(Cl)c3)C2=O)c1. The number of hydrogen-bond acceptors (Lipinski definition) is 5. The highest BCUT2D eigenvalue weighted by molar-refractivity contribution is 8.19. The minimum Gasteiger partial charge on any atom is -0.497 e. The van der Waals surface area contributed by atoms with Crippen LogP contribution in [0.3, 0.4) is 0 Å². The number of carbonyl (C=O) groups excluding carboxylic acids is 2. The number of methoxy groups -OCH3 is 2. The summed E-state index contributed by atoms with van der Waals surface area (Å²) in [6, 6.07) is 11.9. The number of hydrogen-bond donors (Lipinski definition) is 0. The van der Waals surface area contributed by atoms with Gasteiger partial charge in [-0.15, -0.1) is 0 Å². The highest BCUT2D eigenvalue weighted by Crippen LogP contribution is 2.38. The molecule has 0 bridgehead atoms. The van der Waals surface area contributed by atoms with Crippen LogP contribution in [0.15, 0.2) is 47.4 Å². The second-order valence-electron chi connectivity index (χ2n) is 5.10. The van der Waals surface area contributed by atoms with Crippen molar-refractivity contribution in [1.82, 2.24) is 0 Å². The lowest BCUT2D eigenvalue weighted by Gasteiger charge is -2.12. The van der Waals surface area contributed by atoms with Crippen molar-refractivity contribution in [2.45, 2.75) is 0 Å². The Morgan fingerprint density at radius 1 is 1.08 bits per heavy atom. The molecule has 1 aliphatic rings. The molecule has 128 valence electrons. The second-order valence-corrected chi connectivity index (χ2v) is 6.53. The van der Waals surface area contributed by atoms with Crippen LogP contribution in [0, 0.1) is 0 Å². The van der Waals surface area contributed by atoms with Gasteiger partial charge in [0.2, 0.25) is 0 Å². The average molecular weight is 376 g/mol. The summed E-state index contributed by atoms with van der Waals surface area (Å²) in [7, 11) is 3.09. The van der Waals surface area contributed by atoms with E-state index in [4.69, 9.17) is 21.1 Å². The maximum Gasteiger partial charge on any atom is 0.298 e. The summed E-state index contributed by atoms with van der Waals surface area (Å²) in [5.41, 5.74) is 1.09. The van der Waals surface area contributed by atoms with E-state index in [0.717, 1.165) is 16.7 Å². The first-order valence-electron chi connectivity index (χ1n) is 7.29. The van der Waals surface area contributed by atoms with Gasteiger partial charge in [0.15, 0.2) is 0 Å². The molecule has 0 atom stereocenters. The van der Waals surface area contributed by atoms with Crippen molar-refractivity contribution in [1.29, 1.82) is 0 Å². The Hall–Kier alpha value is -2.44. The van der Waals surface area contributed by atoms with Crippen molar-refractivity contribution < 1.29 is 19.1 Å². The van der Waals surface area contributed by atoms with E-state index in [2.05, 4.69) is 0 Å². The fourth-order valence-corrected chi connectivity index (χ4v) is 3.42. The summed E-state index contributed by atoms with van der Waals surface area (Å²) >= 11 is 6.83. The third kappa shape index (κ3) is 3.50. The van der Waals surface area contributed by atoms with Gasteiger partial charge in [-0.1, -0.05) is 17.7 Å². The van der Waals surface area contributed by atoms with Gasteiger partial charge >= 0.3 is 0 Å². The zero-order chi connectivity index (χ0) is 18.0. The molecular formula is C18H14ClNO4S. The number of halogens is 1. The first-order chi connectivity index (χ1) is 12.0. The lowest BCUT2D eigenvalue weighted by atomic mass is 10.1. The van der Waals surface area contributed by atoms with Gasteiger partial charge in [-0.2, -0.15) is 0 Å². The highest BCUT2D eigenvalue weighted by atomic mass is 35.5. The van der Waals surface area contributed by atoms with Gasteiger partial charge in [-0.25, -0.2) is 4.90 Å². The first-order valence-corrected chi connectivity index (χ1v) is 8.48. The van der Waals surface area contributed by atoms with Crippen LogP contribution in [0.2, 0.25) is 5.02 Å². The highest BCUT2D eigenvalue weighted by Gasteiger charge is 2.36. The van der Waals surface area contributed by atoms with E-state index in [1.807, 2.05) is 0 Å². The molecule has 0 aliphatic carbocycles. The molecule has 0 aromatic heterocycles. The fourth-order valence-electron chi connectivity index (χ4n) is 2.40. The standard InChI is InChI=1S/C18H14ClNO4S/c1-23-14-6-7-15(24-2)11(8-14)9-16-17(21)20(18(22)25-16)13-5-3-4-12(19)10-13/h3-10H,1-2H3/b16-9-. The number of amides is 2. The van der Waals surface area contributed by atoms with Crippen LogP contribution in [0.4, 0.5) is 10.5 Å². The molecule has 0 spiro atoms. The van der Waals surface area contributed by atoms with Gasteiger partial charge in [-0.3, -0.25) is 9.59 Å². The predicted molar refractivity (Wildman–Crippen MR) is 99.4 cm³/mol. The molecule has 2 aromatic carbocycles. The number of ether oxygens (including phenoxy) is 2. The second kappa shape index (κ2) is 7.21. The summed E-state index contributed by atoms with van der Waals surface area (Å²) in [6.07, 6.45) is 1.62. The Morgan fingerprint density at radius 2 is 1.88 bits per heavy atom. The van der Waals surface area contributed by atoms with E-state index in [9.17, 15) is 9.59 Å². The van der Waals surface area contributed by atoms with Crippen molar-refractivity contribution in [2.75, 3.05) is 19.1 Å². The number of carbonyl (C=O) groups is 2.